The van der Waals surface area contributed by atoms with Crippen molar-refractivity contribution in [3.8, 4) is 17.6 Å². The van der Waals surface area contributed by atoms with Gasteiger partial charge in [-0.1, -0.05) is 0 Å². The molecule has 0 saturated heterocycles. The van der Waals surface area contributed by atoms with E-state index in [1.165, 1.54) is 0 Å². The van der Waals surface area contributed by atoms with Gasteiger partial charge in [0.1, 0.15) is 19.3 Å². The number of rotatable bonds is 2. The summed E-state index contributed by atoms with van der Waals surface area (Å²) in [4.78, 5) is 4.31. The van der Waals surface area contributed by atoms with E-state index in [1.54, 1.807) is 0 Å². The Labute approximate surface area is 123 Å². The molecule has 0 radical (unpaired) electrons. The average molecular weight is 281 g/mol. The molecular formula is C16H15N3O2. The van der Waals surface area contributed by atoms with Crippen molar-refractivity contribution in [3.63, 3.8) is 0 Å². The minimum Gasteiger partial charge on any atom is -0.486 e. The molecule has 21 heavy (non-hydrogen) atoms. The first-order chi connectivity index (χ1) is 10.2. The van der Waals surface area contributed by atoms with Gasteiger partial charge in [-0.05, 0) is 32.0 Å². The number of pyridine rings is 1. The van der Waals surface area contributed by atoms with Gasteiger partial charge in [0.2, 0.25) is 0 Å². The van der Waals surface area contributed by atoms with E-state index >= 15 is 0 Å². The van der Waals surface area contributed by atoms with Crippen molar-refractivity contribution < 1.29 is 9.47 Å². The van der Waals surface area contributed by atoms with Crippen LogP contribution in [-0.4, -0.2) is 18.2 Å². The zero-order valence-corrected chi connectivity index (χ0v) is 11.9. The number of aryl methyl sites for hydroxylation is 2. The maximum atomic E-state index is 9.29. The van der Waals surface area contributed by atoms with Crippen molar-refractivity contribution >= 4 is 11.4 Å². The fraction of sp³-hybridized carbons (Fsp3) is 0.250. The molecule has 0 fully saturated rings. The van der Waals surface area contributed by atoms with Gasteiger partial charge in [-0.15, -0.1) is 0 Å². The minimum atomic E-state index is 0.549. The van der Waals surface area contributed by atoms with Crippen molar-refractivity contribution in [2.24, 2.45) is 0 Å². The zero-order valence-electron chi connectivity index (χ0n) is 11.9. The number of hydrogen-bond acceptors (Lipinski definition) is 5. The van der Waals surface area contributed by atoms with Crippen LogP contribution in [0, 0.1) is 25.2 Å². The Bertz CT molecular complexity index is 735. The van der Waals surface area contributed by atoms with E-state index < -0.39 is 0 Å². The maximum absolute atomic E-state index is 9.29. The van der Waals surface area contributed by atoms with E-state index in [0.29, 0.717) is 24.5 Å². The number of nitrogens with one attached hydrogen (secondary N) is 1. The Balaban J connectivity index is 1.96. The molecule has 0 amide bonds. The molecule has 2 heterocycles. The van der Waals surface area contributed by atoms with Crippen LogP contribution in [0.3, 0.4) is 0 Å². The Kier molecular flexibility index (Phi) is 3.36. The third-order valence-electron chi connectivity index (χ3n) is 3.26. The van der Waals surface area contributed by atoms with E-state index in [1.807, 2.05) is 38.1 Å². The number of benzene rings is 1. The topological polar surface area (TPSA) is 67.2 Å². The van der Waals surface area contributed by atoms with E-state index in [9.17, 15) is 5.26 Å². The van der Waals surface area contributed by atoms with Gasteiger partial charge in [-0.25, -0.2) is 0 Å². The Morgan fingerprint density at radius 3 is 2.67 bits per heavy atom. The zero-order chi connectivity index (χ0) is 14.8. The van der Waals surface area contributed by atoms with Crippen molar-refractivity contribution in [2.45, 2.75) is 13.8 Å². The lowest BCUT2D eigenvalue weighted by atomic mass is 10.1. The van der Waals surface area contributed by atoms with Crippen molar-refractivity contribution in [3.05, 3.63) is 41.2 Å². The van der Waals surface area contributed by atoms with Crippen LogP contribution in [-0.2, 0) is 0 Å². The highest BCUT2D eigenvalue weighted by Gasteiger charge is 2.13. The second-order valence-corrected chi connectivity index (χ2v) is 4.87. The predicted molar refractivity (Wildman–Crippen MR) is 79.1 cm³/mol. The lowest BCUT2D eigenvalue weighted by Gasteiger charge is -2.19. The monoisotopic (exact) mass is 281 g/mol. The molecule has 0 bridgehead atoms. The number of ether oxygens (including phenoxy) is 2. The van der Waals surface area contributed by atoms with E-state index in [4.69, 9.17) is 9.47 Å². The van der Waals surface area contributed by atoms with Crippen LogP contribution in [0.1, 0.15) is 17.0 Å². The number of anilines is 2. The normalized spacial score (nSPS) is 12.6. The lowest BCUT2D eigenvalue weighted by molar-refractivity contribution is 0.171. The van der Waals surface area contributed by atoms with Crippen LogP contribution < -0.4 is 14.8 Å². The Morgan fingerprint density at radius 1 is 1.14 bits per heavy atom. The molecule has 1 N–H and O–H groups in total. The van der Waals surface area contributed by atoms with Gasteiger partial charge in [-0.3, -0.25) is 4.98 Å². The molecule has 0 spiro atoms. The summed E-state index contributed by atoms with van der Waals surface area (Å²) in [5.74, 6) is 1.46. The first kappa shape index (κ1) is 13.3. The molecule has 3 rings (SSSR count). The summed E-state index contributed by atoms with van der Waals surface area (Å²) in [5, 5.41) is 12.5. The molecular weight excluding hydrogens is 266 g/mol. The van der Waals surface area contributed by atoms with Gasteiger partial charge in [0.15, 0.2) is 11.5 Å². The molecule has 5 nitrogen and oxygen atoms in total. The number of aromatic nitrogens is 1. The molecule has 106 valence electrons. The summed E-state index contributed by atoms with van der Waals surface area (Å²) in [6, 6.07) is 9.70. The smallest absolute Gasteiger partial charge is 0.163 e. The number of nitriles is 1. The molecule has 0 atom stereocenters. The van der Waals surface area contributed by atoms with Crippen molar-refractivity contribution in [2.75, 3.05) is 18.5 Å². The molecule has 0 unspecified atom stereocenters. The number of hydrogen-bond donors (Lipinski definition) is 1. The molecule has 5 heteroatoms. The average Bonchev–Trinajstić information content (AvgIpc) is 2.47. The second-order valence-electron chi connectivity index (χ2n) is 4.87. The quantitative estimate of drug-likeness (QED) is 0.916. The van der Waals surface area contributed by atoms with Gasteiger partial charge in [0.25, 0.3) is 0 Å². The van der Waals surface area contributed by atoms with Crippen LogP contribution in [0.5, 0.6) is 11.5 Å². The molecule has 0 aliphatic carbocycles. The Hall–Kier alpha value is -2.74. The number of fused-ring (bicyclic) bond motifs is 1. The minimum absolute atomic E-state index is 0.549. The largest absolute Gasteiger partial charge is 0.486 e. The maximum Gasteiger partial charge on any atom is 0.163 e. The standard InChI is InChI=1S/C16H15N3O2/c1-10-7-14(13(9-17)11(2)18-10)19-12-3-4-15-16(8-12)21-6-5-20-15/h3-4,7-8H,5-6H2,1-2H3,(H,18,19). The van der Waals surface area contributed by atoms with Gasteiger partial charge in [0.05, 0.1) is 16.9 Å². The summed E-state index contributed by atoms with van der Waals surface area (Å²) in [5.41, 5.74) is 3.74. The molecule has 0 saturated carbocycles. The number of nitrogens with zero attached hydrogens (tertiary/aromatic N) is 2. The fourth-order valence-corrected chi connectivity index (χ4v) is 2.34. The van der Waals surface area contributed by atoms with Gasteiger partial charge < -0.3 is 14.8 Å². The fourth-order valence-electron chi connectivity index (χ4n) is 2.34. The molecule has 1 aliphatic heterocycles. The van der Waals surface area contributed by atoms with Crippen LogP contribution in [0.25, 0.3) is 0 Å². The van der Waals surface area contributed by atoms with Crippen LogP contribution in [0.4, 0.5) is 11.4 Å². The molecule has 1 aromatic carbocycles. The summed E-state index contributed by atoms with van der Waals surface area (Å²) in [7, 11) is 0. The highest BCUT2D eigenvalue weighted by Crippen LogP contribution is 2.34. The third-order valence-corrected chi connectivity index (χ3v) is 3.26. The van der Waals surface area contributed by atoms with Gasteiger partial charge >= 0.3 is 0 Å². The molecule has 2 aromatic rings. The summed E-state index contributed by atoms with van der Waals surface area (Å²) >= 11 is 0. The second kappa shape index (κ2) is 5.33. The highest BCUT2D eigenvalue weighted by atomic mass is 16.6. The highest BCUT2D eigenvalue weighted by molar-refractivity contribution is 5.69. The first-order valence-electron chi connectivity index (χ1n) is 6.72. The van der Waals surface area contributed by atoms with Crippen LogP contribution >= 0.6 is 0 Å². The Morgan fingerprint density at radius 2 is 1.90 bits per heavy atom. The predicted octanol–water partition coefficient (Wildman–Crippen LogP) is 3.08. The molecule has 1 aromatic heterocycles. The van der Waals surface area contributed by atoms with Crippen LogP contribution in [0.2, 0.25) is 0 Å². The van der Waals surface area contributed by atoms with E-state index in [2.05, 4.69) is 16.4 Å². The third kappa shape index (κ3) is 2.61. The molecule has 1 aliphatic rings. The van der Waals surface area contributed by atoms with Crippen LogP contribution in [0.15, 0.2) is 24.3 Å². The lowest BCUT2D eigenvalue weighted by Crippen LogP contribution is -2.15. The summed E-state index contributed by atoms with van der Waals surface area (Å²) in [6.07, 6.45) is 0. The van der Waals surface area contributed by atoms with Gasteiger partial charge in [-0.2, -0.15) is 5.26 Å². The van der Waals surface area contributed by atoms with E-state index in [-0.39, 0.29) is 0 Å². The summed E-state index contributed by atoms with van der Waals surface area (Å²) < 4.78 is 11.1. The first-order valence-corrected chi connectivity index (χ1v) is 6.72. The summed E-state index contributed by atoms with van der Waals surface area (Å²) in [6.45, 7) is 4.86. The van der Waals surface area contributed by atoms with Crippen molar-refractivity contribution in [1.29, 1.82) is 5.26 Å². The SMILES string of the molecule is Cc1cc(Nc2ccc3c(c2)OCCO3)c(C#N)c(C)n1. The van der Waals surface area contributed by atoms with Crippen molar-refractivity contribution in [1.82, 2.24) is 4.98 Å². The van der Waals surface area contributed by atoms with E-state index in [0.717, 1.165) is 28.5 Å². The van der Waals surface area contributed by atoms with Gasteiger partial charge in [0, 0.05) is 17.4 Å².